The van der Waals surface area contributed by atoms with Crippen LogP contribution in [-0.4, -0.2) is 38.4 Å². The monoisotopic (exact) mass is 391 g/mol. The first-order chi connectivity index (χ1) is 12.3. The van der Waals surface area contributed by atoms with Crippen molar-refractivity contribution in [3.05, 3.63) is 53.0 Å². The lowest BCUT2D eigenvalue weighted by Gasteiger charge is -2.18. The lowest BCUT2D eigenvalue weighted by Crippen LogP contribution is -2.27. The maximum Gasteiger partial charge on any atom is 0.257 e. The zero-order chi connectivity index (χ0) is 18.9. The van der Waals surface area contributed by atoms with Crippen molar-refractivity contribution in [2.45, 2.75) is 11.4 Å². The van der Waals surface area contributed by atoms with E-state index < -0.39 is 10.0 Å². The summed E-state index contributed by atoms with van der Waals surface area (Å²) in [5.41, 5.74) is 1.00. The quantitative estimate of drug-likeness (QED) is 0.718. The average Bonchev–Trinajstić information content (AvgIpc) is 3.01. The van der Waals surface area contributed by atoms with Gasteiger partial charge in [0.05, 0.1) is 34.3 Å². The lowest BCUT2D eigenvalue weighted by atomic mass is 10.1. The largest absolute Gasteiger partial charge is 0.496 e. The van der Waals surface area contributed by atoms with Gasteiger partial charge in [-0.25, -0.2) is 18.5 Å². The summed E-state index contributed by atoms with van der Waals surface area (Å²) in [6, 6.07) is 11.7. The Morgan fingerprint density at radius 3 is 2.65 bits per heavy atom. The number of fused-ring (bicyclic) bond motifs is 1. The second kappa shape index (κ2) is 7.02. The molecule has 2 N–H and O–H groups in total. The van der Waals surface area contributed by atoms with Crippen molar-refractivity contribution in [2.75, 3.05) is 14.2 Å². The predicted octanol–water partition coefficient (Wildman–Crippen LogP) is 2.22. The zero-order valence-corrected chi connectivity index (χ0v) is 15.8. The molecule has 0 aliphatic carbocycles. The molecule has 0 aliphatic rings. The summed E-state index contributed by atoms with van der Waals surface area (Å²) in [7, 11) is -0.887. The molecule has 0 atom stereocenters. The van der Waals surface area contributed by atoms with Gasteiger partial charge in [0.25, 0.3) is 5.91 Å². The van der Waals surface area contributed by atoms with Crippen molar-refractivity contribution in [3.63, 3.8) is 0 Å². The topological polar surface area (TPSA) is 103 Å². The number of nitrogens with two attached hydrogens (primary N) is 1. The van der Waals surface area contributed by atoms with Crippen molar-refractivity contribution in [1.29, 1.82) is 0 Å². The van der Waals surface area contributed by atoms with Crippen LogP contribution in [0.15, 0.2) is 47.4 Å². The Morgan fingerprint density at radius 1 is 1.27 bits per heavy atom. The van der Waals surface area contributed by atoms with Gasteiger partial charge in [0.15, 0.2) is 0 Å². The SMILES string of the molecule is COc1ccc(S(N)(=O)=O)cc1C(=O)N(C)Cc1nc2ccccc2s1. The fourth-order valence-electron chi connectivity index (χ4n) is 2.50. The lowest BCUT2D eigenvalue weighted by molar-refractivity contribution is 0.0781. The first-order valence-electron chi connectivity index (χ1n) is 7.60. The molecule has 0 aliphatic heterocycles. The Morgan fingerprint density at radius 2 is 2.00 bits per heavy atom. The van der Waals surface area contributed by atoms with Gasteiger partial charge in [-0.05, 0) is 30.3 Å². The fraction of sp³-hybridized carbons (Fsp3) is 0.176. The number of ether oxygens (including phenoxy) is 1. The van der Waals surface area contributed by atoms with Crippen molar-refractivity contribution < 1.29 is 17.9 Å². The van der Waals surface area contributed by atoms with Gasteiger partial charge >= 0.3 is 0 Å². The number of rotatable bonds is 5. The molecule has 0 spiro atoms. The normalized spacial score (nSPS) is 11.5. The molecule has 0 saturated heterocycles. The van der Waals surface area contributed by atoms with E-state index >= 15 is 0 Å². The summed E-state index contributed by atoms with van der Waals surface area (Å²) in [4.78, 5) is 18.6. The van der Waals surface area contributed by atoms with Gasteiger partial charge in [-0.2, -0.15) is 0 Å². The van der Waals surface area contributed by atoms with Crippen LogP contribution in [0.5, 0.6) is 5.75 Å². The van der Waals surface area contributed by atoms with Crippen LogP contribution in [0.25, 0.3) is 10.2 Å². The van der Waals surface area contributed by atoms with Gasteiger partial charge in [-0.15, -0.1) is 11.3 Å². The standard InChI is InChI=1S/C17H17N3O4S2/c1-20(10-16-19-13-5-3-4-6-15(13)25-16)17(21)12-9-11(26(18,22)23)7-8-14(12)24-2/h3-9H,10H2,1-2H3,(H2,18,22,23). The number of sulfonamides is 1. The van der Waals surface area contributed by atoms with E-state index in [-0.39, 0.29) is 22.1 Å². The molecule has 7 nitrogen and oxygen atoms in total. The van der Waals surface area contributed by atoms with Crippen molar-refractivity contribution in [2.24, 2.45) is 5.14 Å². The van der Waals surface area contributed by atoms with Gasteiger partial charge in [0, 0.05) is 7.05 Å². The third-order valence-electron chi connectivity index (χ3n) is 3.79. The Kier molecular flexibility index (Phi) is 4.94. The van der Waals surface area contributed by atoms with E-state index in [0.717, 1.165) is 15.2 Å². The molecule has 26 heavy (non-hydrogen) atoms. The average molecular weight is 391 g/mol. The van der Waals surface area contributed by atoms with E-state index in [9.17, 15) is 13.2 Å². The number of amides is 1. The first-order valence-corrected chi connectivity index (χ1v) is 9.96. The summed E-state index contributed by atoms with van der Waals surface area (Å²) in [5.74, 6) is -0.106. The maximum absolute atomic E-state index is 12.8. The molecule has 1 aromatic heterocycles. The number of hydrogen-bond acceptors (Lipinski definition) is 6. The molecule has 0 saturated carbocycles. The summed E-state index contributed by atoms with van der Waals surface area (Å²) in [6.45, 7) is 0.293. The van der Waals surface area contributed by atoms with Crippen LogP contribution in [0.2, 0.25) is 0 Å². The number of nitrogens with zero attached hydrogens (tertiary/aromatic N) is 2. The molecule has 0 bridgehead atoms. The van der Waals surface area contributed by atoms with Crippen LogP contribution < -0.4 is 9.88 Å². The minimum absolute atomic E-state index is 0.127. The van der Waals surface area contributed by atoms with E-state index in [2.05, 4.69) is 4.98 Å². The number of carbonyl (C=O) groups excluding carboxylic acids is 1. The molecule has 3 aromatic rings. The number of benzene rings is 2. The Hall–Kier alpha value is -2.49. The van der Waals surface area contributed by atoms with Gasteiger partial charge in [0.1, 0.15) is 10.8 Å². The maximum atomic E-state index is 12.8. The van der Waals surface area contributed by atoms with Gasteiger partial charge in [-0.1, -0.05) is 12.1 Å². The van der Waals surface area contributed by atoms with Crippen LogP contribution in [0.3, 0.4) is 0 Å². The molecule has 0 unspecified atom stereocenters. The van der Waals surface area contributed by atoms with Gasteiger partial charge < -0.3 is 9.64 Å². The minimum atomic E-state index is -3.92. The Labute approximate surface area is 155 Å². The van der Waals surface area contributed by atoms with E-state index in [1.165, 1.54) is 41.5 Å². The number of methoxy groups -OCH3 is 1. The summed E-state index contributed by atoms with van der Waals surface area (Å²) in [6.07, 6.45) is 0. The highest BCUT2D eigenvalue weighted by Gasteiger charge is 2.21. The highest BCUT2D eigenvalue weighted by atomic mass is 32.2. The van der Waals surface area contributed by atoms with Gasteiger partial charge in [-0.3, -0.25) is 4.79 Å². The van der Waals surface area contributed by atoms with Crippen LogP contribution in [-0.2, 0) is 16.6 Å². The number of carbonyl (C=O) groups is 1. The molecular formula is C17H17N3O4S2. The number of aromatic nitrogens is 1. The second-order valence-electron chi connectivity index (χ2n) is 5.64. The van der Waals surface area contributed by atoms with Crippen molar-refractivity contribution in [1.82, 2.24) is 9.88 Å². The van der Waals surface area contributed by atoms with Crippen molar-refractivity contribution in [3.8, 4) is 5.75 Å². The van der Waals surface area contributed by atoms with Gasteiger partial charge in [0.2, 0.25) is 10.0 Å². The highest BCUT2D eigenvalue weighted by Crippen LogP contribution is 2.26. The summed E-state index contributed by atoms with van der Waals surface area (Å²) in [5, 5.41) is 5.94. The summed E-state index contributed by atoms with van der Waals surface area (Å²) < 4.78 is 29.4. The molecule has 0 fully saturated rings. The van der Waals surface area contributed by atoms with Crippen LogP contribution in [0.1, 0.15) is 15.4 Å². The molecule has 3 rings (SSSR count). The first kappa shape index (κ1) is 18.3. The van der Waals surface area contributed by atoms with Crippen molar-refractivity contribution >= 4 is 37.5 Å². The highest BCUT2D eigenvalue weighted by molar-refractivity contribution is 7.89. The minimum Gasteiger partial charge on any atom is -0.496 e. The smallest absolute Gasteiger partial charge is 0.257 e. The Bertz CT molecular complexity index is 1040. The third kappa shape index (κ3) is 3.69. The number of primary sulfonamides is 1. The van der Waals surface area contributed by atoms with Crippen LogP contribution >= 0.6 is 11.3 Å². The molecule has 1 heterocycles. The van der Waals surface area contributed by atoms with E-state index in [0.29, 0.717) is 6.54 Å². The Balaban J connectivity index is 1.90. The molecule has 9 heteroatoms. The molecule has 136 valence electrons. The molecule has 1 amide bonds. The summed E-state index contributed by atoms with van der Waals surface area (Å²) >= 11 is 1.50. The molecule has 0 radical (unpaired) electrons. The zero-order valence-electron chi connectivity index (χ0n) is 14.2. The van der Waals surface area contributed by atoms with Crippen LogP contribution in [0, 0.1) is 0 Å². The number of hydrogen-bond donors (Lipinski definition) is 1. The van der Waals surface area contributed by atoms with E-state index in [4.69, 9.17) is 9.88 Å². The van der Waals surface area contributed by atoms with Crippen LogP contribution in [0.4, 0.5) is 0 Å². The molecule has 2 aromatic carbocycles. The second-order valence-corrected chi connectivity index (χ2v) is 8.32. The van der Waals surface area contributed by atoms with E-state index in [1.807, 2.05) is 24.3 Å². The predicted molar refractivity (Wildman–Crippen MR) is 99.8 cm³/mol. The molecular weight excluding hydrogens is 374 g/mol. The third-order valence-corrected chi connectivity index (χ3v) is 5.72. The fourth-order valence-corrected chi connectivity index (χ4v) is 4.06. The number of thiazole rings is 1. The van der Waals surface area contributed by atoms with E-state index in [1.54, 1.807) is 7.05 Å². The number of para-hydroxylation sites is 1.